The predicted octanol–water partition coefficient (Wildman–Crippen LogP) is 6.51. The Morgan fingerprint density at radius 2 is 1.30 bits per heavy atom. The van der Waals surface area contributed by atoms with Gasteiger partial charge in [0.05, 0.1) is 0 Å². The molecule has 2 N–H and O–H groups in total. The second kappa shape index (κ2) is 15.6. The first kappa shape index (κ1) is 35.0. The molecule has 0 saturated heterocycles. The summed E-state index contributed by atoms with van der Waals surface area (Å²) in [6, 6.07) is 22.6. The van der Waals surface area contributed by atoms with Gasteiger partial charge in [0.2, 0.25) is 0 Å². The van der Waals surface area contributed by atoms with Crippen molar-refractivity contribution in [1.29, 1.82) is 0 Å². The molecule has 0 aromatic heterocycles. The number of ether oxygens (including phenoxy) is 4. The van der Waals surface area contributed by atoms with Crippen molar-refractivity contribution < 1.29 is 38.1 Å². The van der Waals surface area contributed by atoms with Crippen LogP contribution >= 0.6 is 0 Å². The normalized spacial score (nSPS) is 14.2. The van der Waals surface area contributed by atoms with Crippen LogP contribution in [0.5, 0.6) is 0 Å². The molecule has 3 aromatic carbocycles. The van der Waals surface area contributed by atoms with Gasteiger partial charge in [0, 0.05) is 5.92 Å². The second-order valence-corrected chi connectivity index (χ2v) is 13.0. The molecule has 3 aromatic rings. The van der Waals surface area contributed by atoms with Crippen molar-refractivity contribution >= 4 is 24.1 Å². The molecule has 0 fully saturated rings. The molecule has 0 spiro atoms. The third-order valence-corrected chi connectivity index (χ3v) is 7.55. The molecule has 0 radical (unpaired) electrons. The van der Waals surface area contributed by atoms with E-state index in [0.29, 0.717) is 0 Å². The van der Waals surface area contributed by atoms with E-state index in [4.69, 9.17) is 18.9 Å². The number of alkyl carbamates (subject to hydrolysis) is 2. The molecule has 4 rings (SSSR count). The van der Waals surface area contributed by atoms with Gasteiger partial charge in [-0.2, -0.15) is 0 Å². The highest BCUT2D eigenvalue weighted by Gasteiger charge is 2.36. The fraction of sp³-hybridized carbons (Fsp3) is 0.405. The lowest BCUT2D eigenvalue weighted by atomic mass is 9.98. The quantitative estimate of drug-likeness (QED) is 0.169. The maximum atomic E-state index is 13.4. The van der Waals surface area contributed by atoms with Crippen molar-refractivity contribution in [1.82, 2.24) is 10.6 Å². The summed E-state index contributed by atoms with van der Waals surface area (Å²) in [6.45, 7) is 10.3. The average molecular weight is 645 g/mol. The summed E-state index contributed by atoms with van der Waals surface area (Å²) in [5, 5.41) is 5.13. The molecular weight excluding hydrogens is 600 g/mol. The Morgan fingerprint density at radius 1 is 0.723 bits per heavy atom. The SMILES string of the molecule is CC(C)C[C@@H](NC(=O)OCC1c2ccccc2-c2ccccc21)C(=O)O[C@H](C)[C@H](NC(=O)OC(C)(C)C)C(=O)OCc1ccccc1. The predicted molar refractivity (Wildman–Crippen MR) is 176 cm³/mol. The van der Waals surface area contributed by atoms with Crippen LogP contribution in [0.25, 0.3) is 11.1 Å². The topological polar surface area (TPSA) is 129 Å². The van der Waals surface area contributed by atoms with E-state index in [1.165, 1.54) is 6.92 Å². The maximum absolute atomic E-state index is 13.4. The molecule has 0 saturated carbocycles. The zero-order valence-electron chi connectivity index (χ0n) is 27.8. The highest BCUT2D eigenvalue weighted by Crippen LogP contribution is 2.44. The van der Waals surface area contributed by atoms with Gasteiger partial charge in [-0.3, -0.25) is 0 Å². The molecule has 10 nitrogen and oxygen atoms in total. The molecule has 1 aliphatic rings. The number of nitrogens with one attached hydrogen (secondary N) is 2. The van der Waals surface area contributed by atoms with E-state index in [0.717, 1.165) is 27.8 Å². The van der Waals surface area contributed by atoms with Gasteiger partial charge in [0.25, 0.3) is 0 Å². The fourth-order valence-corrected chi connectivity index (χ4v) is 5.42. The number of benzene rings is 3. The summed E-state index contributed by atoms with van der Waals surface area (Å²) < 4.78 is 22.1. The van der Waals surface area contributed by atoms with Gasteiger partial charge >= 0.3 is 24.1 Å². The van der Waals surface area contributed by atoms with Crippen molar-refractivity contribution in [2.24, 2.45) is 5.92 Å². The summed E-state index contributed by atoms with van der Waals surface area (Å²) >= 11 is 0. The maximum Gasteiger partial charge on any atom is 0.408 e. The molecule has 0 bridgehead atoms. The van der Waals surface area contributed by atoms with Crippen LogP contribution in [0.1, 0.15) is 70.6 Å². The lowest BCUT2D eigenvalue weighted by Gasteiger charge is -2.27. The van der Waals surface area contributed by atoms with Crippen molar-refractivity contribution in [3.8, 4) is 11.1 Å². The third-order valence-electron chi connectivity index (χ3n) is 7.55. The number of carbonyl (C=O) groups excluding carboxylic acids is 4. The number of hydrogen-bond acceptors (Lipinski definition) is 8. The van der Waals surface area contributed by atoms with Gasteiger partial charge in [-0.15, -0.1) is 0 Å². The first-order chi connectivity index (χ1) is 22.3. The molecular formula is C37H44N2O8. The van der Waals surface area contributed by atoms with Crippen LogP contribution in [0.4, 0.5) is 9.59 Å². The molecule has 2 amide bonds. The molecule has 0 aliphatic heterocycles. The van der Waals surface area contributed by atoms with Gasteiger partial charge in [0.15, 0.2) is 6.04 Å². The van der Waals surface area contributed by atoms with Crippen molar-refractivity contribution in [3.63, 3.8) is 0 Å². The Labute approximate surface area is 276 Å². The Bertz CT molecular complexity index is 1500. The molecule has 250 valence electrons. The number of hydrogen-bond donors (Lipinski definition) is 2. The largest absolute Gasteiger partial charge is 0.459 e. The van der Waals surface area contributed by atoms with Gasteiger partial charge in [-0.1, -0.05) is 92.7 Å². The monoisotopic (exact) mass is 644 g/mol. The number of carbonyl (C=O) groups is 4. The minimum absolute atomic E-state index is 0.00302. The Morgan fingerprint density at radius 3 is 1.87 bits per heavy atom. The minimum atomic E-state index is -1.38. The number of esters is 2. The Hall–Kier alpha value is -4.86. The van der Waals surface area contributed by atoms with Crippen LogP contribution in [-0.2, 0) is 35.1 Å². The molecule has 10 heteroatoms. The molecule has 3 atom stereocenters. The molecule has 0 heterocycles. The first-order valence-electron chi connectivity index (χ1n) is 15.8. The number of rotatable bonds is 12. The van der Waals surface area contributed by atoms with Gasteiger partial charge in [-0.25, -0.2) is 19.2 Å². The standard InChI is InChI=1S/C37H44N2O8/c1-23(2)20-31(38-35(42)45-22-30-28-18-12-10-16-26(28)27-17-11-13-19-29(27)30)33(40)46-24(3)32(39-36(43)47-37(4,5)6)34(41)44-21-25-14-8-7-9-15-25/h7-19,23-24,30-32H,20-22H2,1-6H3,(H,38,42)(H,39,43)/t24-,31-,32+/m1/s1. The summed E-state index contributed by atoms with van der Waals surface area (Å²) in [5.41, 5.74) is 4.24. The summed E-state index contributed by atoms with van der Waals surface area (Å²) in [7, 11) is 0. The summed E-state index contributed by atoms with van der Waals surface area (Å²) in [6.07, 6.45) is -2.57. The summed E-state index contributed by atoms with van der Waals surface area (Å²) in [4.78, 5) is 52.3. The van der Waals surface area contributed by atoms with Crippen LogP contribution < -0.4 is 10.6 Å². The van der Waals surface area contributed by atoms with Gasteiger partial charge in [-0.05, 0) is 67.9 Å². The lowest BCUT2D eigenvalue weighted by molar-refractivity contribution is -0.160. The van der Waals surface area contributed by atoms with E-state index in [1.807, 2.05) is 80.6 Å². The van der Waals surface area contributed by atoms with E-state index in [9.17, 15) is 19.2 Å². The van der Waals surface area contributed by atoms with Crippen molar-refractivity contribution in [3.05, 3.63) is 95.6 Å². The van der Waals surface area contributed by atoms with Gasteiger partial charge < -0.3 is 29.6 Å². The van der Waals surface area contributed by atoms with E-state index >= 15 is 0 Å². The van der Waals surface area contributed by atoms with Gasteiger partial charge in [0.1, 0.15) is 31.0 Å². The Balaban J connectivity index is 1.42. The van der Waals surface area contributed by atoms with Crippen LogP contribution in [0.15, 0.2) is 78.9 Å². The van der Waals surface area contributed by atoms with Crippen LogP contribution in [0.3, 0.4) is 0 Å². The number of amides is 2. The second-order valence-electron chi connectivity index (χ2n) is 13.0. The van der Waals surface area contributed by atoms with E-state index < -0.39 is 47.9 Å². The zero-order valence-corrected chi connectivity index (χ0v) is 27.8. The van der Waals surface area contributed by atoms with Crippen LogP contribution in [0, 0.1) is 5.92 Å². The van der Waals surface area contributed by atoms with Crippen molar-refractivity contribution in [2.75, 3.05) is 6.61 Å². The number of fused-ring (bicyclic) bond motifs is 3. The molecule has 0 unspecified atom stereocenters. The van der Waals surface area contributed by atoms with Crippen LogP contribution in [-0.4, -0.2) is 54.5 Å². The lowest BCUT2D eigenvalue weighted by Crippen LogP contribution is -2.52. The highest BCUT2D eigenvalue weighted by molar-refractivity contribution is 5.84. The zero-order chi connectivity index (χ0) is 34.1. The summed E-state index contributed by atoms with van der Waals surface area (Å²) in [5.74, 6) is -1.75. The average Bonchev–Trinajstić information content (AvgIpc) is 3.34. The highest BCUT2D eigenvalue weighted by atomic mass is 16.6. The smallest absolute Gasteiger partial charge is 0.408 e. The fourth-order valence-electron chi connectivity index (χ4n) is 5.42. The van der Waals surface area contributed by atoms with Crippen LogP contribution in [0.2, 0.25) is 0 Å². The molecule has 47 heavy (non-hydrogen) atoms. The minimum Gasteiger partial charge on any atom is -0.459 e. The van der Waals surface area contributed by atoms with E-state index in [2.05, 4.69) is 10.6 Å². The first-order valence-corrected chi connectivity index (χ1v) is 15.8. The Kier molecular flexibility index (Phi) is 11.6. The van der Waals surface area contributed by atoms with E-state index in [-0.39, 0.29) is 31.5 Å². The molecule has 1 aliphatic carbocycles. The third kappa shape index (κ3) is 9.81. The van der Waals surface area contributed by atoms with Crippen molar-refractivity contribution in [2.45, 2.75) is 84.3 Å². The van der Waals surface area contributed by atoms with E-state index in [1.54, 1.807) is 32.9 Å².